The summed E-state index contributed by atoms with van der Waals surface area (Å²) in [6.07, 6.45) is 1.14. The molecular formula is C15H12BrFO. The maximum absolute atomic E-state index is 13.1. The number of benzene rings is 2. The predicted octanol–water partition coefficient (Wildman–Crippen LogP) is 4.40. The number of carbonyl (C=O) groups excluding carboxylic acids is 1. The summed E-state index contributed by atoms with van der Waals surface area (Å²) in [5.41, 5.74) is 1.67. The van der Waals surface area contributed by atoms with Crippen molar-refractivity contribution >= 4 is 21.7 Å². The molecule has 0 saturated heterocycles. The van der Waals surface area contributed by atoms with Crippen LogP contribution < -0.4 is 0 Å². The monoisotopic (exact) mass is 306 g/mol. The van der Waals surface area contributed by atoms with Gasteiger partial charge < -0.3 is 0 Å². The van der Waals surface area contributed by atoms with Crippen LogP contribution >= 0.6 is 15.9 Å². The van der Waals surface area contributed by atoms with E-state index < -0.39 is 0 Å². The number of hydrogen-bond acceptors (Lipinski definition) is 1. The van der Waals surface area contributed by atoms with Crippen LogP contribution in [0, 0.1) is 5.82 Å². The minimum absolute atomic E-state index is 0.0274. The van der Waals surface area contributed by atoms with E-state index >= 15 is 0 Å². The molecular weight excluding hydrogens is 295 g/mol. The topological polar surface area (TPSA) is 17.1 Å². The first-order chi connectivity index (χ1) is 8.66. The van der Waals surface area contributed by atoms with E-state index in [1.165, 1.54) is 18.2 Å². The third-order valence-electron chi connectivity index (χ3n) is 2.73. The molecule has 0 N–H and O–H groups in total. The average Bonchev–Trinajstić information content (AvgIpc) is 2.40. The summed E-state index contributed by atoms with van der Waals surface area (Å²) in [6.45, 7) is 0. The van der Waals surface area contributed by atoms with E-state index in [-0.39, 0.29) is 11.6 Å². The molecule has 0 aromatic heterocycles. The number of aryl methyl sites for hydroxylation is 1. The van der Waals surface area contributed by atoms with Crippen molar-refractivity contribution in [2.45, 2.75) is 12.8 Å². The molecule has 0 aliphatic rings. The van der Waals surface area contributed by atoms with Crippen LogP contribution in [0.1, 0.15) is 22.3 Å². The number of carbonyl (C=O) groups is 1. The molecule has 0 aliphatic carbocycles. The fraction of sp³-hybridized carbons (Fsp3) is 0.133. The van der Waals surface area contributed by atoms with Crippen molar-refractivity contribution in [2.24, 2.45) is 0 Å². The fourth-order valence-electron chi connectivity index (χ4n) is 1.72. The van der Waals surface area contributed by atoms with Gasteiger partial charge in [0.05, 0.1) is 4.47 Å². The highest BCUT2D eigenvalue weighted by molar-refractivity contribution is 9.10. The van der Waals surface area contributed by atoms with E-state index in [0.717, 1.165) is 5.56 Å². The normalized spacial score (nSPS) is 10.3. The molecule has 0 bridgehead atoms. The Balaban J connectivity index is 2.02. The van der Waals surface area contributed by atoms with Gasteiger partial charge in [0, 0.05) is 12.0 Å². The Bertz CT molecular complexity index is 552. The van der Waals surface area contributed by atoms with E-state index in [0.29, 0.717) is 22.9 Å². The molecule has 92 valence electrons. The summed E-state index contributed by atoms with van der Waals surface area (Å²) in [5.74, 6) is -0.325. The van der Waals surface area contributed by atoms with Crippen molar-refractivity contribution in [1.29, 1.82) is 0 Å². The van der Waals surface area contributed by atoms with Crippen molar-refractivity contribution in [3.05, 3.63) is 69.9 Å². The third-order valence-corrected chi connectivity index (χ3v) is 3.33. The summed E-state index contributed by atoms with van der Waals surface area (Å²) >= 11 is 3.08. The Hall–Kier alpha value is -1.48. The standard InChI is InChI=1S/C15H12BrFO/c16-13-10-12(7-8-14(13)17)15(18)9-6-11-4-2-1-3-5-11/h1-5,7-8,10H,6,9H2. The van der Waals surface area contributed by atoms with Crippen LogP contribution in [0.4, 0.5) is 4.39 Å². The summed E-state index contributed by atoms with van der Waals surface area (Å²) in [7, 11) is 0. The molecule has 0 aliphatic heterocycles. The Morgan fingerprint density at radius 2 is 1.83 bits per heavy atom. The highest BCUT2D eigenvalue weighted by Crippen LogP contribution is 2.18. The summed E-state index contributed by atoms with van der Waals surface area (Å²) in [4.78, 5) is 11.9. The Labute approximate surface area is 114 Å². The Morgan fingerprint density at radius 1 is 1.11 bits per heavy atom. The molecule has 0 atom stereocenters. The lowest BCUT2D eigenvalue weighted by atomic mass is 10.0. The van der Waals surface area contributed by atoms with Crippen LogP contribution in [-0.2, 0) is 6.42 Å². The van der Waals surface area contributed by atoms with Crippen LogP contribution in [0.25, 0.3) is 0 Å². The van der Waals surface area contributed by atoms with E-state index in [9.17, 15) is 9.18 Å². The molecule has 0 radical (unpaired) electrons. The van der Waals surface area contributed by atoms with Crippen LogP contribution in [0.15, 0.2) is 53.0 Å². The van der Waals surface area contributed by atoms with Crippen LogP contribution in [-0.4, -0.2) is 5.78 Å². The predicted molar refractivity (Wildman–Crippen MR) is 73.2 cm³/mol. The minimum Gasteiger partial charge on any atom is -0.294 e. The Kier molecular flexibility index (Phi) is 4.26. The first-order valence-corrected chi connectivity index (χ1v) is 6.48. The van der Waals surface area contributed by atoms with Gasteiger partial charge >= 0.3 is 0 Å². The van der Waals surface area contributed by atoms with Crippen molar-refractivity contribution in [1.82, 2.24) is 0 Å². The largest absolute Gasteiger partial charge is 0.294 e. The van der Waals surface area contributed by atoms with Crippen molar-refractivity contribution < 1.29 is 9.18 Å². The van der Waals surface area contributed by atoms with E-state index in [1.807, 2.05) is 30.3 Å². The van der Waals surface area contributed by atoms with Gasteiger partial charge in [-0.15, -0.1) is 0 Å². The second kappa shape index (κ2) is 5.91. The Morgan fingerprint density at radius 3 is 2.50 bits per heavy atom. The van der Waals surface area contributed by atoms with Gasteiger partial charge in [0.15, 0.2) is 5.78 Å². The molecule has 0 amide bonds. The van der Waals surface area contributed by atoms with Crippen molar-refractivity contribution in [3.8, 4) is 0 Å². The SMILES string of the molecule is O=C(CCc1ccccc1)c1ccc(F)c(Br)c1. The molecule has 18 heavy (non-hydrogen) atoms. The highest BCUT2D eigenvalue weighted by atomic mass is 79.9. The van der Waals surface area contributed by atoms with Gasteiger partial charge in [-0.1, -0.05) is 30.3 Å². The number of hydrogen-bond donors (Lipinski definition) is 0. The van der Waals surface area contributed by atoms with Gasteiger partial charge in [0.25, 0.3) is 0 Å². The lowest BCUT2D eigenvalue weighted by Crippen LogP contribution is -2.01. The first-order valence-electron chi connectivity index (χ1n) is 5.69. The molecule has 0 saturated carbocycles. The van der Waals surface area contributed by atoms with E-state index in [4.69, 9.17) is 0 Å². The summed E-state index contributed by atoms with van der Waals surface area (Å²) < 4.78 is 13.4. The zero-order chi connectivity index (χ0) is 13.0. The van der Waals surface area contributed by atoms with Gasteiger partial charge in [-0.2, -0.15) is 0 Å². The number of rotatable bonds is 4. The molecule has 0 heterocycles. The maximum atomic E-state index is 13.1. The first kappa shape index (κ1) is 13.0. The molecule has 2 aromatic rings. The number of halogens is 2. The molecule has 3 heteroatoms. The van der Waals surface area contributed by atoms with E-state index in [1.54, 1.807) is 0 Å². The summed E-state index contributed by atoms with van der Waals surface area (Å²) in [5, 5.41) is 0. The molecule has 2 rings (SSSR count). The van der Waals surface area contributed by atoms with Crippen molar-refractivity contribution in [2.75, 3.05) is 0 Å². The van der Waals surface area contributed by atoms with Crippen LogP contribution in [0.3, 0.4) is 0 Å². The second-order valence-electron chi connectivity index (χ2n) is 4.04. The van der Waals surface area contributed by atoms with Gasteiger partial charge in [-0.25, -0.2) is 4.39 Å². The quantitative estimate of drug-likeness (QED) is 0.765. The van der Waals surface area contributed by atoms with Crippen molar-refractivity contribution in [3.63, 3.8) is 0 Å². The number of ketones is 1. The average molecular weight is 307 g/mol. The fourth-order valence-corrected chi connectivity index (χ4v) is 2.10. The zero-order valence-corrected chi connectivity index (χ0v) is 11.3. The zero-order valence-electron chi connectivity index (χ0n) is 9.70. The number of Topliss-reactive ketones (excluding diaryl/α,β-unsaturated/α-hetero) is 1. The molecule has 2 aromatic carbocycles. The van der Waals surface area contributed by atoms with Gasteiger partial charge in [-0.05, 0) is 46.1 Å². The van der Waals surface area contributed by atoms with Gasteiger partial charge in [0.1, 0.15) is 5.82 Å². The summed E-state index contributed by atoms with van der Waals surface area (Å²) in [6, 6.07) is 14.2. The second-order valence-corrected chi connectivity index (χ2v) is 4.89. The van der Waals surface area contributed by atoms with Gasteiger partial charge in [-0.3, -0.25) is 4.79 Å². The minimum atomic E-state index is -0.352. The molecule has 0 unspecified atom stereocenters. The lowest BCUT2D eigenvalue weighted by molar-refractivity contribution is 0.0982. The maximum Gasteiger partial charge on any atom is 0.163 e. The molecule has 0 fully saturated rings. The van der Waals surface area contributed by atoms with E-state index in [2.05, 4.69) is 15.9 Å². The van der Waals surface area contributed by atoms with Gasteiger partial charge in [0.2, 0.25) is 0 Å². The van der Waals surface area contributed by atoms with Crippen LogP contribution in [0.2, 0.25) is 0 Å². The highest BCUT2D eigenvalue weighted by Gasteiger charge is 2.08. The molecule has 1 nitrogen and oxygen atoms in total. The lowest BCUT2D eigenvalue weighted by Gasteiger charge is -2.03. The smallest absolute Gasteiger partial charge is 0.163 e. The molecule has 0 spiro atoms. The third kappa shape index (κ3) is 3.26. The van der Waals surface area contributed by atoms with Crippen LogP contribution in [0.5, 0.6) is 0 Å².